The van der Waals surface area contributed by atoms with E-state index in [1.807, 2.05) is 0 Å². The van der Waals surface area contributed by atoms with Crippen LogP contribution in [0, 0.1) is 11.6 Å². The topological polar surface area (TPSA) is 40.6 Å². The Labute approximate surface area is 138 Å². The first kappa shape index (κ1) is 16.1. The Morgan fingerprint density at radius 3 is 2.42 bits per heavy atom. The Morgan fingerprint density at radius 2 is 1.75 bits per heavy atom. The largest absolute Gasteiger partial charge is 0.325 e. The van der Waals surface area contributed by atoms with E-state index in [1.54, 1.807) is 19.1 Å². The minimum atomic E-state index is -0.681. The average Bonchev–Trinajstić information content (AvgIpc) is 2.57. The number of benzene rings is 2. The first-order chi connectivity index (χ1) is 11.5. The van der Waals surface area contributed by atoms with Crippen LogP contribution in [-0.4, -0.2) is 35.8 Å². The zero-order valence-electron chi connectivity index (χ0n) is 13.1. The predicted molar refractivity (Wildman–Crippen MR) is 85.7 cm³/mol. The second-order valence-corrected chi connectivity index (χ2v) is 5.65. The highest BCUT2D eigenvalue weighted by molar-refractivity contribution is 6.03. The Balaban J connectivity index is 1.79. The van der Waals surface area contributed by atoms with Crippen molar-refractivity contribution in [2.24, 2.45) is 0 Å². The van der Waals surface area contributed by atoms with Crippen LogP contribution in [0.5, 0.6) is 0 Å². The Hall–Kier alpha value is -2.76. The Morgan fingerprint density at radius 1 is 1.04 bits per heavy atom. The number of rotatable bonds is 2. The lowest BCUT2D eigenvalue weighted by Crippen LogP contribution is -2.57. The zero-order valence-corrected chi connectivity index (χ0v) is 13.1. The summed E-state index contributed by atoms with van der Waals surface area (Å²) >= 11 is 0. The Bertz CT molecular complexity index is 777. The summed E-state index contributed by atoms with van der Waals surface area (Å²) in [5.74, 6) is -1.44. The molecule has 1 heterocycles. The summed E-state index contributed by atoms with van der Waals surface area (Å²) in [4.78, 5) is 28.0. The standard InChI is InChI=1S/C18H16F2N2O2/c1-12-17(23)22(16-4-2-3-15(20)11-16)10-9-21(12)18(24)13-5-7-14(19)8-6-13/h2-8,11-12H,9-10H2,1H3/t12-/m1/s1. The third-order valence-electron chi connectivity index (χ3n) is 4.13. The van der Waals surface area contributed by atoms with Crippen LogP contribution in [0.25, 0.3) is 0 Å². The van der Waals surface area contributed by atoms with Gasteiger partial charge in [-0.25, -0.2) is 8.78 Å². The third kappa shape index (κ3) is 2.99. The molecule has 6 heteroatoms. The number of carbonyl (C=O) groups is 2. The fourth-order valence-corrected chi connectivity index (χ4v) is 2.81. The van der Waals surface area contributed by atoms with Crippen molar-refractivity contribution < 1.29 is 18.4 Å². The smallest absolute Gasteiger partial charge is 0.254 e. The van der Waals surface area contributed by atoms with Crippen LogP contribution in [0.4, 0.5) is 14.5 Å². The van der Waals surface area contributed by atoms with E-state index in [1.165, 1.54) is 46.2 Å². The second kappa shape index (κ2) is 6.39. The van der Waals surface area contributed by atoms with Crippen molar-refractivity contribution in [2.75, 3.05) is 18.0 Å². The molecule has 0 bridgehead atoms. The maximum Gasteiger partial charge on any atom is 0.254 e. The van der Waals surface area contributed by atoms with Gasteiger partial charge in [-0.15, -0.1) is 0 Å². The van der Waals surface area contributed by atoms with Gasteiger partial charge in [-0.1, -0.05) is 6.07 Å². The molecule has 1 saturated heterocycles. The van der Waals surface area contributed by atoms with E-state index < -0.39 is 17.7 Å². The highest BCUT2D eigenvalue weighted by Crippen LogP contribution is 2.22. The SMILES string of the molecule is C[C@@H]1C(=O)N(c2cccc(F)c2)CCN1C(=O)c1ccc(F)cc1. The average molecular weight is 330 g/mol. The van der Waals surface area contributed by atoms with Gasteiger partial charge >= 0.3 is 0 Å². The van der Waals surface area contributed by atoms with Crippen molar-refractivity contribution in [3.63, 3.8) is 0 Å². The summed E-state index contributed by atoms with van der Waals surface area (Å²) in [7, 11) is 0. The highest BCUT2D eigenvalue weighted by atomic mass is 19.1. The van der Waals surface area contributed by atoms with Gasteiger partial charge in [0, 0.05) is 24.3 Å². The molecule has 124 valence electrons. The lowest BCUT2D eigenvalue weighted by atomic mass is 10.1. The van der Waals surface area contributed by atoms with Crippen LogP contribution in [0.2, 0.25) is 0 Å². The van der Waals surface area contributed by atoms with Crippen LogP contribution in [0.3, 0.4) is 0 Å². The van der Waals surface area contributed by atoms with E-state index in [4.69, 9.17) is 0 Å². The molecule has 2 aromatic rings. The summed E-state index contributed by atoms with van der Waals surface area (Å²) in [6, 6.07) is 10.3. The molecule has 2 amide bonds. The molecule has 1 fully saturated rings. The maximum atomic E-state index is 13.4. The van der Waals surface area contributed by atoms with Gasteiger partial charge < -0.3 is 9.80 Å². The molecule has 0 aliphatic carbocycles. The monoisotopic (exact) mass is 330 g/mol. The molecule has 1 aliphatic heterocycles. The molecular weight excluding hydrogens is 314 g/mol. The zero-order chi connectivity index (χ0) is 17.3. The van der Waals surface area contributed by atoms with Crippen LogP contribution in [0.1, 0.15) is 17.3 Å². The van der Waals surface area contributed by atoms with Crippen molar-refractivity contribution in [1.82, 2.24) is 4.90 Å². The van der Waals surface area contributed by atoms with Crippen molar-refractivity contribution in [1.29, 1.82) is 0 Å². The normalized spacial score (nSPS) is 18.0. The lowest BCUT2D eigenvalue weighted by molar-refractivity contribution is -0.124. The minimum Gasteiger partial charge on any atom is -0.325 e. The van der Waals surface area contributed by atoms with Crippen LogP contribution >= 0.6 is 0 Å². The van der Waals surface area contributed by atoms with E-state index >= 15 is 0 Å². The second-order valence-electron chi connectivity index (χ2n) is 5.65. The van der Waals surface area contributed by atoms with Gasteiger partial charge in [0.05, 0.1) is 0 Å². The van der Waals surface area contributed by atoms with Crippen molar-refractivity contribution >= 4 is 17.5 Å². The number of nitrogens with zero attached hydrogens (tertiary/aromatic N) is 2. The molecule has 1 aliphatic rings. The lowest BCUT2D eigenvalue weighted by Gasteiger charge is -2.39. The number of anilines is 1. The Kier molecular flexibility index (Phi) is 4.29. The molecule has 3 rings (SSSR count). The van der Waals surface area contributed by atoms with Crippen LogP contribution in [0.15, 0.2) is 48.5 Å². The summed E-state index contributed by atoms with van der Waals surface area (Å²) in [6.07, 6.45) is 0. The van der Waals surface area contributed by atoms with Crippen LogP contribution < -0.4 is 4.90 Å². The van der Waals surface area contributed by atoms with Crippen molar-refractivity contribution in [2.45, 2.75) is 13.0 Å². The molecule has 24 heavy (non-hydrogen) atoms. The van der Waals surface area contributed by atoms with Gasteiger partial charge in [0.15, 0.2) is 0 Å². The van der Waals surface area contributed by atoms with Gasteiger partial charge in [0.25, 0.3) is 5.91 Å². The first-order valence-corrected chi connectivity index (χ1v) is 7.61. The number of amides is 2. The van der Waals surface area contributed by atoms with E-state index in [2.05, 4.69) is 0 Å². The quantitative estimate of drug-likeness (QED) is 0.849. The molecule has 0 N–H and O–H groups in total. The van der Waals surface area contributed by atoms with E-state index in [-0.39, 0.29) is 18.4 Å². The molecule has 0 aromatic heterocycles. The molecular formula is C18H16F2N2O2. The highest BCUT2D eigenvalue weighted by Gasteiger charge is 2.35. The van der Waals surface area contributed by atoms with Crippen LogP contribution in [-0.2, 0) is 4.79 Å². The minimum absolute atomic E-state index is 0.276. The summed E-state index contributed by atoms with van der Waals surface area (Å²) < 4.78 is 26.4. The number of piperazine rings is 1. The molecule has 4 nitrogen and oxygen atoms in total. The number of hydrogen-bond donors (Lipinski definition) is 0. The summed E-state index contributed by atoms with van der Waals surface area (Å²) in [5, 5.41) is 0. The molecule has 2 aromatic carbocycles. The summed E-state index contributed by atoms with van der Waals surface area (Å²) in [6.45, 7) is 2.23. The van der Waals surface area contributed by atoms with Crippen molar-refractivity contribution in [3.05, 3.63) is 65.7 Å². The predicted octanol–water partition coefficient (Wildman–Crippen LogP) is 2.84. The van der Waals surface area contributed by atoms with Crippen molar-refractivity contribution in [3.8, 4) is 0 Å². The molecule has 0 radical (unpaired) electrons. The van der Waals surface area contributed by atoms with E-state index in [0.29, 0.717) is 17.8 Å². The fourth-order valence-electron chi connectivity index (χ4n) is 2.81. The maximum absolute atomic E-state index is 13.4. The van der Waals surface area contributed by atoms with E-state index in [9.17, 15) is 18.4 Å². The third-order valence-corrected chi connectivity index (χ3v) is 4.13. The fraction of sp³-hybridized carbons (Fsp3) is 0.222. The van der Waals surface area contributed by atoms with E-state index in [0.717, 1.165) is 0 Å². The molecule has 0 saturated carbocycles. The molecule has 1 atom stereocenters. The molecule has 0 spiro atoms. The van der Waals surface area contributed by atoms with Gasteiger partial charge in [-0.05, 0) is 49.4 Å². The number of hydrogen-bond acceptors (Lipinski definition) is 2. The van der Waals surface area contributed by atoms with Gasteiger partial charge in [0.2, 0.25) is 5.91 Å². The van der Waals surface area contributed by atoms with Gasteiger partial charge in [-0.2, -0.15) is 0 Å². The molecule has 0 unspecified atom stereocenters. The number of halogens is 2. The first-order valence-electron chi connectivity index (χ1n) is 7.61. The van der Waals surface area contributed by atoms with Gasteiger partial charge in [0.1, 0.15) is 17.7 Å². The van der Waals surface area contributed by atoms with Gasteiger partial charge in [-0.3, -0.25) is 9.59 Å². The summed E-state index contributed by atoms with van der Waals surface area (Å²) in [5.41, 5.74) is 0.802. The number of carbonyl (C=O) groups excluding carboxylic acids is 2.